The summed E-state index contributed by atoms with van der Waals surface area (Å²) in [5.74, 6) is -0.0303. The highest BCUT2D eigenvalue weighted by Gasteiger charge is 2.34. The number of nitrogens with one attached hydrogen (secondary N) is 1. The lowest BCUT2D eigenvalue weighted by Gasteiger charge is -2.22. The minimum atomic E-state index is -3.63. The van der Waals surface area contributed by atoms with Gasteiger partial charge in [0.25, 0.3) is 0 Å². The number of nitrogens with two attached hydrogens (primary N) is 1. The molecule has 8 heteroatoms. The molecule has 26 heavy (non-hydrogen) atoms. The Morgan fingerprint density at radius 3 is 2.35 bits per heavy atom. The van der Waals surface area contributed by atoms with Crippen molar-refractivity contribution in [2.75, 3.05) is 26.2 Å². The van der Waals surface area contributed by atoms with Crippen molar-refractivity contribution < 1.29 is 13.2 Å². The molecule has 1 amide bonds. The van der Waals surface area contributed by atoms with Gasteiger partial charge in [0, 0.05) is 26.1 Å². The highest BCUT2D eigenvalue weighted by atomic mass is 35.5. The van der Waals surface area contributed by atoms with E-state index < -0.39 is 10.0 Å². The van der Waals surface area contributed by atoms with E-state index in [1.165, 1.54) is 0 Å². The smallest absolute Gasteiger partial charge is 0.241 e. The summed E-state index contributed by atoms with van der Waals surface area (Å²) in [4.78, 5) is 14.4. The van der Waals surface area contributed by atoms with Gasteiger partial charge in [-0.3, -0.25) is 4.79 Å². The number of aryl methyl sites for hydroxylation is 3. The van der Waals surface area contributed by atoms with Crippen LogP contribution in [-0.4, -0.2) is 45.4 Å². The van der Waals surface area contributed by atoms with E-state index in [-0.39, 0.29) is 36.7 Å². The van der Waals surface area contributed by atoms with Crippen LogP contribution in [-0.2, 0) is 14.8 Å². The van der Waals surface area contributed by atoms with Crippen molar-refractivity contribution in [1.29, 1.82) is 0 Å². The van der Waals surface area contributed by atoms with Gasteiger partial charge in [-0.05, 0) is 50.3 Å². The van der Waals surface area contributed by atoms with Crippen molar-refractivity contribution in [3.63, 3.8) is 0 Å². The van der Waals surface area contributed by atoms with Crippen LogP contribution in [0.3, 0.4) is 0 Å². The number of hydrogen-bond acceptors (Lipinski definition) is 4. The van der Waals surface area contributed by atoms with Crippen molar-refractivity contribution in [3.05, 3.63) is 28.8 Å². The first-order valence-corrected chi connectivity index (χ1v) is 10.1. The standard InChI is InChI=1S/C18H29N3O3S.ClH/c1-13-9-14(2)17(15(3)10-13)25(23,24)20-7-5-16(22)21-8-6-18(4,11-19)12-21;/h9-10,20H,5-8,11-12,19H2,1-4H3;1H. The summed E-state index contributed by atoms with van der Waals surface area (Å²) >= 11 is 0. The second-order valence-corrected chi connectivity index (χ2v) is 9.16. The van der Waals surface area contributed by atoms with Gasteiger partial charge < -0.3 is 10.6 Å². The molecule has 148 valence electrons. The maximum Gasteiger partial charge on any atom is 0.241 e. The van der Waals surface area contributed by atoms with Gasteiger partial charge in [-0.2, -0.15) is 0 Å². The molecular weight excluding hydrogens is 374 g/mol. The normalized spacial score (nSPS) is 20.1. The quantitative estimate of drug-likeness (QED) is 0.758. The molecule has 0 bridgehead atoms. The number of amides is 1. The first-order chi connectivity index (χ1) is 11.6. The third-order valence-electron chi connectivity index (χ3n) is 4.91. The Hall–Kier alpha value is -1.15. The number of halogens is 1. The van der Waals surface area contributed by atoms with Crippen LogP contribution in [0.5, 0.6) is 0 Å². The predicted octanol–water partition coefficient (Wildman–Crippen LogP) is 1.90. The van der Waals surface area contributed by atoms with E-state index in [0.29, 0.717) is 24.5 Å². The molecule has 1 aromatic carbocycles. The number of hydrogen-bond donors (Lipinski definition) is 2. The lowest BCUT2D eigenvalue weighted by molar-refractivity contribution is -0.130. The molecule has 1 unspecified atom stereocenters. The molecule has 0 radical (unpaired) electrons. The van der Waals surface area contributed by atoms with Gasteiger partial charge in [0.1, 0.15) is 0 Å². The number of carbonyl (C=O) groups is 1. The predicted molar refractivity (Wildman–Crippen MR) is 106 cm³/mol. The van der Waals surface area contributed by atoms with Crippen molar-refractivity contribution in [2.24, 2.45) is 11.1 Å². The summed E-state index contributed by atoms with van der Waals surface area (Å²) in [6.07, 6.45) is 1.05. The summed E-state index contributed by atoms with van der Waals surface area (Å²) in [5.41, 5.74) is 8.20. The fraction of sp³-hybridized carbons (Fsp3) is 0.611. The van der Waals surface area contributed by atoms with E-state index >= 15 is 0 Å². The second kappa shape index (κ2) is 8.69. The number of nitrogens with zero attached hydrogens (tertiary/aromatic N) is 1. The Morgan fingerprint density at radius 2 is 1.85 bits per heavy atom. The Kier molecular flexibility index (Phi) is 7.65. The summed E-state index contributed by atoms with van der Waals surface area (Å²) in [6, 6.07) is 3.70. The summed E-state index contributed by atoms with van der Waals surface area (Å²) < 4.78 is 27.7. The van der Waals surface area contributed by atoms with Gasteiger partial charge in [0.15, 0.2) is 0 Å². The Labute approximate surface area is 163 Å². The van der Waals surface area contributed by atoms with E-state index in [1.54, 1.807) is 18.7 Å². The van der Waals surface area contributed by atoms with Crippen LogP contribution in [0.4, 0.5) is 0 Å². The van der Waals surface area contributed by atoms with Gasteiger partial charge in [-0.15, -0.1) is 12.4 Å². The van der Waals surface area contributed by atoms with E-state index in [4.69, 9.17) is 5.73 Å². The largest absolute Gasteiger partial charge is 0.342 e. The fourth-order valence-corrected chi connectivity index (χ4v) is 5.00. The summed E-state index contributed by atoms with van der Waals surface area (Å²) in [7, 11) is -3.63. The maximum atomic E-state index is 12.6. The Morgan fingerprint density at radius 1 is 1.27 bits per heavy atom. The zero-order chi connectivity index (χ0) is 18.8. The molecule has 0 saturated carbocycles. The first-order valence-electron chi connectivity index (χ1n) is 8.63. The van der Waals surface area contributed by atoms with Crippen LogP contribution in [0.15, 0.2) is 17.0 Å². The zero-order valence-corrected chi connectivity index (χ0v) is 17.6. The average molecular weight is 404 g/mol. The first kappa shape index (κ1) is 22.9. The molecule has 0 aliphatic carbocycles. The SMILES string of the molecule is Cc1cc(C)c(S(=O)(=O)NCCC(=O)N2CCC(C)(CN)C2)c(C)c1.Cl. The van der Waals surface area contributed by atoms with Gasteiger partial charge >= 0.3 is 0 Å². The molecule has 6 nitrogen and oxygen atoms in total. The van der Waals surface area contributed by atoms with Crippen molar-refractivity contribution >= 4 is 28.3 Å². The number of benzene rings is 1. The van der Waals surface area contributed by atoms with Gasteiger partial charge in [0.05, 0.1) is 4.90 Å². The lowest BCUT2D eigenvalue weighted by Crippen LogP contribution is -2.36. The number of sulfonamides is 1. The lowest BCUT2D eigenvalue weighted by atomic mass is 9.90. The van der Waals surface area contributed by atoms with E-state index in [0.717, 1.165) is 23.1 Å². The average Bonchev–Trinajstić information content (AvgIpc) is 2.89. The molecule has 1 aromatic rings. The molecule has 1 atom stereocenters. The van der Waals surface area contributed by atoms with Crippen molar-refractivity contribution in [2.45, 2.75) is 45.4 Å². The molecule has 1 heterocycles. The minimum Gasteiger partial charge on any atom is -0.342 e. The number of carbonyl (C=O) groups excluding carboxylic acids is 1. The molecule has 1 saturated heterocycles. The molecule has 3 N–H and O–H groups in total. The highest BCUT2D eigenvalue weighted by molar-refractivity contribution is 7.89. The van der Waals surface area contributed by atoms with E-state index in [2.05, 4.69) is 11.6 Å². The monoisotopic (exact) mass is 403 g/mol. The number of likely N-dealkylation sites (tertiary alicyclic amines) is 1. The molecule has 2 rings (SSSR count). The zero-order valence-electron chi connectivity index (χ0n) is 16.0. The van der Waals surface area contributed by atoms with E-state index in [9.17, 15) is 13.2 Å². The Balaban J connectivity index is 0.00000338. The van der Waals surface area contributed by atoms with Crippen LogP contribution in [0.1, 0.15) is 36.5 Å². The van der Waals surface area contributed by atoms with E-state index in [1.807, 2.05) is 19.1 Å². The summed E-state index contributed by atoms with van der Waals surface area (Å²) in [6.45, 7) is 9.58. The van der Waals surface area contributed by atoms with Crippen LogP contribution in [0.25, 0.3) is 0 Å². The Bertz CT molecular complexity index is 744. The molecule has 0 aromatic heterocycles. The van der Waals surface area contributed by atoms with Crippen LogP contribution >= 0.6 is 12.4 Å². The second-order valence-electron chi connectivity index (χ2n) is 7.46. The number of rotatable bonds is 6. The molecule has 0 spiro atoms. The molecular formula is C18H30ClN3O3S. The minimum absolute atomic E-state index is 0. The van der Waals surface area contributed by atoms with Crippen LogP contribution in [0, 0.1) is 26.2 Å². The topological polar surface area (TPSA) is 92.5 Å². The molecule has 1 aliphatic rings. The molecule has 1 aliphatic heterocycles. The summed E-state index contributed by atoms with van der Waals surface area (Å²) in [5, 5.41) is 0. The van der Waals surface area contributed by atoms with Gasteiger partial charge in [0.2, 0.25) is 15.9 Å². The fourth-order valence-electron chi connectivity index (χ4n) is 3.52. The highest BCUT2D eigenvalue weighted by Crippen LogP contribution is 2.28. The van der Waals surface area contributed by atoms with Crippen LogP contribution < -0.4 is 10.5 Å². The van der Waals surface area contributed by atoms with Gasteiger partial charge in [-0.25, -0.2) is 13.1 Å². The maximum absolute atomic E-state index is 12.6. The van der Waals surface area contributed by atoms with Gasteiger partial charge in [-0.1, -0.05) is 24.6 Å². The molecule has 1 fully saturated rings. The van der Waals surface area contributed by atoms with Crippen molar-refractivity contribution in [1.82, 2.24) is 9.62 Å². The van der Waals surface area contributed by atoms with Crippen LogP contribution in [0.2, 0.25) is 0 Å². The third kappa shape index (κ3) is 5.19. The third-order valence-corrected chi connectivity index (χ3v) is 6.67. The van der Waals surface area contributed by atoms with Crippen molar-refractivity contribution in [3.8, 4) is 0 Å².